The fraction of sp³-hybridized carbons (Fsp3) is 0.636. The Hall–Kier alpha value is -2.05. The average Bonchev–Trinajstić information content (AvgIpc) is 2.69. The van der Waals surface area contributed by atoms with E-state index in [1.54, 1.807) is 0 Å². The van der Waals surface area contributed by atoms with Gasteiger partial charge in [-0.1, -0.05) is 76.8 Å². The summed E-state index contributed by atoms with van der Waals surface area (Å²) in [4.78, 5) is 23.6. The van der Waals surface area contributed by atoms with E-state index in [4.69, 9.17) is 4.74 Å². The molecule has 1 amide bonds. The van der Waals surface area contributed by atoms with Gasteiger partial charge in [0, 0.05) is 0 Å². The quantitative estimate of drug-likeness (QED) is 0.304. The van der Waals surface area contributed by atoms with Crippen molar-refractivity contribution in [1.29, 1.82) is 0 Å². The number of halogens is 3. The van der Waals surface area contributed by atoms with Crippen LogP contribution in [-0.2, 0) is 15.7 Å². The van der Waals surface area contributed by atoms with Crippen molar-refractivity contribution in [2.24, 2.45) is 0 Å². The minimum absolute atomic E-state index is 0.254. The molecule has 1 aromatic rings. The van der Waals surface area contributed by atoms with Gasteiger partial charge in [-0.05, 0) is 18.6 Å². The third-order valence-electron chi connectivity index (χ3n) is 4.63. The lowest BCUT2D eigenvalue weighted by molar-refractivity contribution is -0.142. The zero-order valence-electron chi connectivity index (χ0n) is 17.2. The van der Waals surface area contributed by atoms with E-state index in [2.05, 4.69) is 12.2 Å². The number of rotatable bonds is 14. The van der Waals surface area contributed by atoms with Crippen LogP contribution < -0.4 is 5.32 Å². The lowest BCUT2D eigenvalue weighted by Crippen LogP contribution is -2.32. The van der Waals surface area contributed by atoms with E-state index in [-0.39, 0.29) is 6.61 Å². The lowest BCUT2D eigenvalue weighted by atomic mass is 10.1. The second kappa shape index (κ2) is 14.0. The first-order valence-corrected chi connectivity index (χ1v) is 10.5. The van der Waals surface area contributed by atoms with Crippen LogP contribution in [0, 0.1) is 0 Å². The van der Waals surface area contributed by atoms with E-state index in [0.29, 0.717) is 0 Å². The van der Waals surface area contributed by atoms with E-state index in [1.165, 1.54) is 57.1 Å². The molecule has 0 fully saturated rings. The van der Waals surface area contributed by atoms with Crippen molar-refractivity contribution in [3.05, 3.63) is 35.4 Å². The van der Waals surface area contributed by atoms with Gasteiger partial charge in [-0.3, -0.25) is 9.59 Å². The maximum absolute atomic E-state index is 12.9. The van der Waals surface area contributed by atoms with Crippen LogP contribution in [0.3, 0.4) is 0 Å². The topological polar surface area (TPSA) is 55.4 Å². The molecule has 4 nitrogen and oxygen atoms in total. The minimum Gasteiger partial charge on any atom is -0.464 e. The number of ether oxygens (including phenoxy) is 1. The van der Waals surface area contributed by atoms with Crippen molar-refractivity contribution in [2.45, 2.75) is 77.3 Å². The third kappa shape index (κ3) is 10.9. The van der Waals surface area contributed by atoms with Crippen molar-refractivity contribution in [3.8, 4) is 0 Å². The lowest BCUT2D eigenvalue weighted by Gasteiger charge is -2.12. The standard InChI is InChI=1S/C22H32F3NO3/c1-2-3-4-5-6-7-8-9-10-13-16-29-20(27)17-26-21(28)18-14-11-12-15-19(18)22(23,24)25/h11-12,14-15H,2-10,13,16-17H2,1H3,(H,26,28). The highest BCUT2D eigenvalue weighted by Gasteiger charge is 2.34. The Morgan fingerprint density at radius 1 is 0.897 bits per heavy atom. The van der Waals surface area contributed by atoms with Crippen LogP contribution >= 0.6 is 0 Å². The second-order valence-electron chi connectivity index (χ2n) is 7.13. The van der Waals surface area contributed by atoms with Crippen LogP contribution in [0.5, 0.6) is 0 Å². The number of hydrogen-bond donors (Lipinski definition) is 1. The summed E-state index contributed by atoms with van der Waals surface area (Å²) in [6.45, 7) is 2.00. The van der Waals surface area contributed by atoms with Crippen molar-refractivity contribution in [3.63, 3.8) is 0 Å². The molecule has 0 bridgehead atoms. The van der Waals surface area contributed by atoms with E-state index < -0.39 is 35.7 Å². The molecule has 1 N–H and O–H groups in total. The molecule has 1 aromatic carbocycles. The van der Waals surface area contributed by atoms with Crippen LogP contribution in [0.15, 0.2) is 24.3 Å². The Kier molecular flexibility index (Phi) is 12.1. The number of alkyl halides is 3. The van der Waals surface area contributed by atoms with Crippen molar-refractivity contribution in [2.75, 3.05) is 13.2 Å². The Balaban J connectivity index is 2.14. The number of benzene rings is 1. The maximum Gasteiger partial charge on any atom is 0.417 e. The van der Waals surface area contributed by atoms with Gasteiger partial charge in [-0.2, -0.15) is 13.2 Å². The van der Waals surface area contributed by atoms with Gasteiger partial charge in [0.2, 0.25) is 0 Å². The van der Waals surface area contributed by atoms with Gasteiger partial charge in [-0.15, -0.1) is 0 Å². The highest BCUT2D eigenvalue weighted by atomic mass is 19.4. The number of carbonyl (C=O) groups is 2. The molecule has 0 unspecified atom stereocenters. The Bertz CT molecular complexity index is 618. The highest BCUT2D eigenvalue weighted by Crippen LogP contribution is 2.31. The van der Waals surface area contributed by atoms with Crippen LogP contribution in [-0.4, -0.2) is 25.0 Å². The van der Waals surface area contributed by atoms with Gasteiger partial charge in [0.15, 0.2) is 0 Å². The second-order valence-corrected chi connectivity index (χ2v) is 7.13. The summed E-state index contributed by atoms with van der Waals surface area (Å²) in [6, 6.07) is 4.46. The number of amides is 1. The molecule has 1 rings (SSSR count). The molecule has 0 saturated heterocycles. The smallest absolute Gasteiger partial charge is 0.417 e. The molecule has 0 saturated carbocycles. The summed E-state index contributed by atoms with van der Waals surface area (Å²) >= 11 is 0. The van der Waals surface area contributed by atoms with Crippen LogP contribution in [0.25, 0.3) is 0 Å². The fourth-order valence-corrected chi connectivity index (χ4v) is 3.00. The van der Waals surface area contributed by atoms with Gasteiger partial charge >= 0.3 is 12.1 Å². The average molecular weight is 415 g/mol. The number of carbonyl (C=O) groups excluding carboxylic acids is 2. The summed E-state index contributed by atoms with van der Waals surface area (Å²) in [5.41, 5.74) is -1.54. The third-order valence-corrected chi connectivity index (χ3v) is 4.63. The molecule has 0 aromatic heterocycles. The molecule has 0 atom stereocenters. The Morgan fingerprint density at radius 2 is 1.45 bits per heavy atom. The van der Waals surface area contributed by atoms with Gasteiger partial charge < -0.3 is 10.1 Å². The largest absolute Gasteiger partial charge is 0.464 e. The predicted octanol–water partition coefficient (Wildman–Crippen LogP) is 5.90. The molecule has 0 aliphatic heterocycles. The van der Waals surface area contributed by atoms with Gasteiger partial charge in [0.1, 0.15) is 6.54 Å². The molecule has 0 aliphatic carbocycles. The normalized spacial score (nSPS) is 11.3. The first kappa shape index (κ1) is 25.0. The molecule has 164 valence electrons. The zero-order chi connectivity index (χ0) is 21.5. The molecular formula is C22H32F3NO3. The molecule has 7 heteroatoms. The van der Waals surface area contributed by atoms with Crippen LogP contribution in [0.1, 0.15) is 87.1 Å². The van der Waals surface area contributed by atoms with E-state index in [1.807, 2.05) is 0 Å². The molecule has 0 radical (unpaired) electrons. The SMILES string of the molecule is CCCCCCCCCCCCOC(=O)CNC(=O)c1ccccc1C(F)(F)F. The van der Waals surface area contributed by atoms with E-state index in [0.717, 1.165) is 31.4 Å². The van der Waals surface area contributed by atoms with Gasteiger partial charge in [0.05, 0.1) is 17.7 Å². The molecule has 0 aliphatic rings. The summed E-state index contributed by atoms with van der Waals surface area (Å²) < 4.78 is 43.8. The van der Waals surface area contributed by atoms with Gasteiger partial charge in [-0.25, -0.2) is 0 Å². The van der Waals surface area contributed by atoms with Crippen molar-refractivity contribution in [1.82, 2.24) is 5.32 Å². The van der Waals surface area contributed by atoms with Crippen molar-refractivity contribution < 1.29 is 27.5 Å². The summed E-state index contributed by atoms with van der Waals surface area (Å²) in [5.74, 6) is -1.60. The number of esters is 1. The molecule has 0 spiro atoms. The van der Waals surface area contributed by atoms with Crippen LogP contribution in [0.4, 0.5) is 13.2 Å². The summed E-state index contributed by atoms with van der Waals surface area (Å²) in [5, 5.41) is 2.19. The first-order valence-electron chi connectivity index (χ1n) is 10.5. The predicted molar refractivity (Wildman–Crippen MR) is 107 cm³/mol. The monoisotopic (exact) mass is 415 g/mol. The zero-order valence-corrected chi connectivity index (χ0v) is 17.2. The van der Waals surface area contributed by atoms with Gasteiger partial charge in [0.25, 0.3) is 5.91 Å². The fourth-order valence-electron chi connectivity index (χ4n) is 3.00. The molecule has 0 heterocycles. The summed E-state index contributed by atoms with van der Waals surface area (Å²) in [7, 11) is 0. The van der Waals surface area contributed by atoms with Crippen molar-refractivity contribution >= 4 is 11.9 Å². The Morgan fingerprint density at radius 3 is 2.03 bits per heavy atom. The molecule has 29 heavy (non-hydrogen) atoms. The maximum atomic E-state index is 12.9. The van der Waals surface area contributed by atoms with E-state index >= 15 is 0 Å². The van der Waals surface area contributed by atoms with E-state index in [9.17, 15) is 22.8 Å². The number of nitrogens with one attached hydrogen (secondary N) is 1. The highest BCUT2D eigenvalue weighted by molar-refractivity contribution is 5.97. The number of hydrogen-bond acceptors (Lipinski definition) is 3. The molecular weight excluding hydrogens is 383 g/mol. The minimum atomic E-state index is -4.63. The number of unbranched alkanes of at least 4 members (excludes halogenated alkanes) is 9. The first-order chi connectivity index (χ1) is 13.9. The Labute approximate surface area is 171 Å². The summed E-state index contributed by atoms with van der Waals surface area (Å²) in [6.07, 6.45) is 7.01. The van der Waals surface area contributed by atoms with Crippen LogP contribution in [0.2, 0.25) is 0 Å².